The molecule has 4 rings (SSSR count). The summed E-state index contributed by atoms with van der Waals surface area (Å²) in [5.41, 5.74) is 5.55. The van der Waals surface area contributed by atoms with E-state index in [1.807, 2.05) is 6.92 Å². The Hall–Kier alpha value is -3.39. The van der Waals surface area contributed by atoms with Crippen LogP contribution < -0.4 is 10.2 Å². The van der Waals surface area contributed by atoms with Crippen LogP contribution in [-0.2, 0) is 9.59 Å². The second-order valence-corrected chi connectivity index (χ2v) is 10.3. The number of fused-ring (bicyclic) bond motifs is 1. The number of nitrogens with one attached hydrogen (secondary N) is 1. The summed E-state index contributed by atoms with van der Waals surface area (Å²) in [6.45, 7) is 11.0. The van der Waals surface area contributed by atoms with Crippen LogP contribution in [0.3, 0.4) is 0 Å². The normalized spacial score (nSPS) is 18.1. The molecule has 2 aliphatic rings. The van der Waals surface area contributed by atoms with Gasteiger partial charge in [-0.05, 0) is 106 Å². The van der Waals surface area contributed by atoms with Crippen molar-refractivity contribution in [2.45, 2.75) is 40.2 Å². The molecule has 0 bridgehead atoms. The third-order valence-electron chi connectivity index (χ3n) is 6.27. The van der Waals surface area contributed by atoms with Crippen LogP contribution in [0.5, 0.6) is 0 Å². The number of carbonyl (C=O) groups is 3. The number of rotatable bonds is 5. The zero-order valence-electron chi connectivity index (χ0n) is 20.4. The highest BCUT2D eigenvalue weighted by Crippen LogP contribution is 2.41. The van der Waals surface area contributed by atoms with Gasteiger partial charge in [0.15, 0.2) is 0 Å². The molecule has 0 aromatic heterocycles. The van der Waals surface area contributed by atoms with E-state index in [9.17, 15) is 18.8 Å². The van der Waals surface area contributed by atoms with Gasteiger partial charge in [0.05, 0.1) is 10.4 Å². The van der Waals surface area contributed by atoms with Gasteiger partial charge in [0.25, 0.3) is 11.1 Å². The summed E-state index contributed by atoms with van der Waals surface area (Å²) in [5, 5.41) is 2.08. The van der Waals surface area contributed by atoms with E-state index in [4.69, 9.17) is 0 Å². The smallest absolute Gasteiger partial charge is 0.294 e. The molecule has 1 N–H and O–H groups in total. The summed E-state index contributed by atoms with van der Waals surface area (Å²) in [7, 11) is 0. The van der Waals surface area contributed by atoms with Crippen LogP contribution in [0.2, 0.25) is 0 Å². The SMILES string of the molecule is CCN1c2cc(C)c(/C=C3/SC(=O)N(CC(=O)Nc4ccc(F)cc4)C3=O)cc2C(C)=CC1(C)C. The summed E-state index contributed by atoms with van der Waals surface area (Å²) in [6, 6.07) is 9.45. The Balaban J connectivity index is 1.56. The molecule has 0 atom stereocenters. The van der Waals surface area contributed by atoms with Crippen molar-refractivity contribution in [2.75, 3.05) is 23.3 Å². The molecule has 0 spiro atoms. The Morgan fingerprint density at radius 1 is 1.14 bits per heavy atom. The number of hydrogen-bond acceptors (Lipinski definition) is 5. The lowest BCUT2D eigenvalue weighted by Gasteiger charge is -2.43. The number of nitrogens with zero attached hydrogens (tertiary/aromatic N) is 2. The Kier molecular flexibility index (Phi) is 6.60. The molecule has 2 aromatic carbocycles. The number of benzene rings is 2. The zero-order valence-corrected chi connectivity index (χ0v) is 21.3. The standard InChI is InChI=1S/C27H28FN3O3S/c1-6-31-22-11-16(2)18(12-21(22)17(3)14-27(31,4)5)13-23-25(33)30(26(34)35-23)15-24(32)29-20-9-7-19(28)8-10-20/h7-14H,6,15H2,1-5H3,(H,29,32)/b23-13+. The Bertz CT molecular complexity index is 1280. The third kappa shape index (κ3) is 4.89. The predicted octanol–water partition coefficient (Wildman–Crippen LogP) is 5.83. The van der Waals surface area contributed by atoms with Crippen molar-refractivity contribution in [3.05, 3.63) is 69.9 Å². The molecule has 2 aliphatic heterocycles. The van der Waals surface area contributed by atoms with Crippen molar-refractivity contribution in [1.82, 2.24) is 4.90 Å². The highest BCUT2D eigenvalue weighted by Gasteiger charge is 2.37. The number of thioether (sulfide) groups is 1. The molecular weight excluding hydrogens is 465 g/mol. The maximum Gasteiger partial charge on any atom is 0.294 e. The van der Waals surface area contributed by atoms with Crippen molar-refractivity contribution in [2.24, 2.45) is 0 Å². The second-order valence-electron chi connectivity index (χ2n) is 9.27. The van der Waals surface area contributed by atoms with Gasteiger partial charge in [-0.1, -0.05) is 6.08 Å². The number of imide groups is 1. The molecule has 182 valence electrons. The van der Waals surface area contributed by atoms with Crippen molar-refractivity contribution < 1.29 is 18.8 Å². The Morgan fingerprint density at radius 2 is 1.83 bits per heavy atom. The highest BCUT2D eigenvalue weighted by atomic mass is 32.2. The number of aryl methyl sites for hydroxylation is 1. The minimum atomic E-state index is -0.534. The van der Waals surface area contributed by atoms with Crippen molar-refractivity contribution in [3.8, 4) is 0 Å². The monoisotopic (exact) mass is 493 g/mol. The number of amides is 3. The van der Waals surface area contributed by atoms with Crippen LogP contribution in [0, 0.1) is 12.7 Å². The minimum absolute atomic E-state index is 0.100. The van der Waals surface area contributed by atoms with Gasteiger partial charge in [-0.15, -0.1) is 0 Å². The van der Waals surface area contributed by atoms with Gasteiger partial charge >= 0.3 is 0 Å². The average molecular weight is 494 g/mol. The van der Waals surface area contributed by atoms with Crippen LogP contribution in [0.1, 0.15) is 44.4 Å². The van der Waals surface area contributed by atoms with E-state index in [1.54, 1.807) is 6.08 Å². The van der Waals surface area contributed by atoms with Gasteiger partial charge < -0.3 is 10.2 Å². The van der Waals surface area contributed by atoms with Crippen molar-refractivity contribution in [1.29, 1.82) is 0 Å². The number of halogens is 1. The Labute approximate surface area is 208 Å². The third-order valence-corrected chi connectivity index (χ3v) is 7.18. The first-order chi connectivity index (χ1) is 16.5. The number of hydrogen-bond donors (Lipinski definition) is 1. The molecule has 3 amide bonds. The summed E-state index contributed by atoms with van der Waals surface area (Å²) in [6.07, 6.45) is 3.97. The fraction of sp³-hybridized carbons (Fsp3) is 0.296. The molecule has 2 aromatic rings. The summed E-state index contributed by atoms with van der Waals surface area (Å²) in [4.78, 5) is 41.4. The lowest BCUT2D eigenvalue weighted by Crippen LogP contribution is -2.44. The van der Waals surface area contributed by atoms with Gasteiger partial charge in [0, 0.05) is 23.5 Å². The number of likely N-dealkylation sites (N-methyl/N-ethyl adjacent to an activating group) is 1. The lowest BCUT2D eigenvalue weighted by molar-refractivity contribution is -0.127. The van der Waals surface area contributed by atoms with E-state index in [-0.39, 0.29) is 10.4 Å². The molecule has 0 saturated carbocycles. The van der Waals surface area contributed by atoms with Gasteiger partial charge in [-0.2, -0.15) is 0 Å². The van der Waals surface area contributed by atoms with E-state index in [2.05, 4.69) is 56.1 Å². The van der Waals surface area contributed by atoms with Gasteiger partial charge in [0.1, 0.15) is 12.4 Å². The summed E-state index contributed by atoms with van der Waals surface area (Å²) >= 11 is 0.822. The van der Waals surface area contributed by atoms with Crippen LogP contribution >= 0.6 is 11.8 Å². The van der Waals surface area contributed by atoms with Crippen LogP contribution in [0.4, 0.5) is 20.6 Å². The van der Waals surface area contributed by atoms with E-state index in [0.717, 1.165) is 51.2 Å². The molecule has 0 radical (unpaired) electrons. The minimum Gasteiger partial charge on any atom is -0.363 e. The van der Waals surface area contributed by atoms with Crippen LogP contribution in [0.15, 0.2) is 47.4 Å². The highest BCUT2D eigenvalue weighted by molar-refractivity contribution is 8.18. The average Bonchev–Trinajstić information content (AvgIpc) is 3.03. The van der Waals surface area contributed by atoms with Crippen LogP contribution in [0.25, 0.3) is 11.6 Å². The largest absolute Gasteiger partial charge is 0.363 e. The topological polar surface area (TPSA) is 69.7 Å². The summed E-state index contributed by atoms with van der Waals surface area (Å²) < 4.78 is 13.1. The second kappa shape index (κ2) is 9.34. The van der Waals surface area contributed by atoms with E-state index in [0.29, 0.717) is 5.69 Å². The van der Waals surface area contributed by atoms with Gasteiger partial charge in [-0.3, -0.25) is 19.3 Å². The molecule has 35 heavy (non-hydrogen) atoms. The molecular formula is C27H28FN3O3S. The van der Waals surface area contributed by atoms with E-state index >= 15 is 0 Å². The zero-order chi connectivity index (χ0) is 25.5. The predicted molar refractivity (Wildman–Crippen MR) is 140 cm³/mol. The number of carbonyl (C=O) groups excluding carboxylic acids is 3. The van der Waals surface area contributed by atoms with E-state index < -0.39 is 29.4 Å². The fourth-order valence-corrected chi connectivity index (χ4v) is 5.46. The van der Waals surface area contributed by atoms with E-state index in [1.165, 1.54) is 24.3 Å². The quantitative estimate of drug-likeness (QED) is 0.531. The van der Waals surface area contributed by atoms with Crippen molar-refractivity contribution >= 4 is 51.8 Å². The maximum atomic E-state index is 13.1. The fourth-order valence-electron chi connectivity index (χ4n) is 4.63. The Morgan fingerprint density at radius 3 is 2.49 bits per heavy atom. The first-order valence-electron chi connectivity index (χ1n) is 11.4. The first kappa shape index (κ1) is 24.7. The van der Waals surface area contributed by atoms with Crippen molar-refractivity contribution in [3.63, 3.8) is 0 Å². The molecule has 0 unspecified atom stereocenters. The maximum absolute atomic E-state index is 13.1. The lowest BCUT2D eigenvalue weighted by atomic mass is 9.87. The number of anilines is 2. The number of allylic oxidation sites excluding steroid dienone is 1. The van der Waals surface area contributed by atoms with Gasteiger partial charge in [0.2, 0.25) is 5.91 Å². The van der Waals surface area contributed by atoms with Crippen LogP contribution in [-0.4, -0.2) is 40.6 Å². The molecule has 1 saturated heterocycles. The molecule has 0 aliphatic carbocycles. The van der Waals surface area contributed by atoms with Gasteiger partial charge in [-0.25, -0.2) is 4.39 Å². The molecule has 8 heteroatoms. The molecule has 2 heterocycles. The first-order valence-corrected chi connectivity index (χ1v) is 12.2. The summed E-state index contributed by atoms with van der Waals surface area (Å²) in [5.74, 6) is -1.46. The molecule has 1 fully saturated rings. The molecule has 6 nitrogen and oxygen atoms in total.